The van der Waals surface area contributed by atoms with Crippen molar-refractivity contribution >= 4 is 40.8 Å². The molecule has 1 atom stereocenters. The van der Waals surface area contributed by atoms with Crippen LogP contribution in [0, 0.1) is 0 Å². The molecule has 0 amide bonds. The Kier molecular flexibility index (Phi) is 4.06. The molecule has 0 spiro atoms. The van der Waals surface area contributed by atoms with E-state index >= 15 is 0 Å². The molecule has 3 rings (SSSR count). The van der Waals surface area contributed by atoms with Gasteiger partial charge in [-0.3, -0.25) is 0 Å². The number of nitrogens with zero attached hydrogens (tertiary/aromatic N) is 4. The fraction of sp³-hybridized carbons (Fsp3) is 0.0833. The normalized spacial score (nSPS) is 19.1. The van der Waals surface area contributed by atoms with Crippen molar-refractivity contribution in [2.45, 2.75) is 6.04 Å². The van der Waals surface area contributed by atoms with Crippen LogP contribution in [0.2, 0.25) is 0 Å². The average molecular weight is 473 g/mol. The van der Waals surface area contributed by atoms with E-state index in [1.165, 1.54) is 15.7 Å². The predicted octanol–water partition coefficient (Wildman–Crippen LogP) is 0.990. The number of fused-ring (bicyclic) bond motifs is 1. The molecule has 0 aromatic heterocycles. The van der Waals surface area contributed by atoms with Gasteiger partial charge in [0.1, 0.15) is 0 Å². The Morgan fingerprint density at radius 3 is 2.75 bits per heavy atom. The topological polar surface area (TPSA) is 86.7 Å². The Bertz CT molecular complexity index is 667. The zero-order valence-corrected chi connectivity index (χ0v) is 16.6. The van der Waals surface area contributed by atoms with Gasteiger partial charge in [-0.15, -0.1) is 0 Å². The summed E-state index contributed by atoms with van der Waals surface area (Å²) in [7, 11) is 1.78. The standard InChI is InChI=1S/C7H5O2.C5H4N4S.Hg/c8-7(9)6-4-2-1-3-5-6;10-5-3-4(7-1-6-3)8-2-9-5;/h2-5H,(H,8,9);1-3H,(H,6,7,8,9,10);/q;;+1/p-1. The number of hydrogen-bond donors (Lipinski definition) is 1. The summed E-state index contributed by atoms with van der Waals surface area (Å²) in [4.78, 5) is 27.5. The summed E-state index contributed by atoms with van der Waals surface area (Å²) in [5, 5.41) is 9.82. The number of hydrogen-bond acceptors (Lipinski definition) is 6. The van der Waals surface area contributed by atoms with Crippen molar-refractivity contribution in [2.24, 2.45) is 20.0 Å². The van der Waals surface area contributed by atoms with E-state index < -0.39 is 29.0 Å². The fourth-order valence-electron chi connectivity index (χ4n) is 1.81. The van der Waals surface area contributed by atoms with Crippen LogP contribution in [0.3, 0.4) is 0 Å². The van der Waals surface area contributed by atoms with Gasteiger partial charge in [-0.25, -0.2) is 0 Å². The summed E-state index contributed by atoms with van der Waals surface area (Å²) >= 11 is -1.43. The molecular weight excluding hydrogens is 465 g/mol. The van der Waals surface area contributed by atoms with Gasteiger partial charge in [0, 0.05) is 0 Å². The van der Waals surface area contributed by atoms with Gasteiger partial charge in [0.2, 0.25) is 0 Å². The number of carboxylic acids is 1. The van der Waals surface area contributed by atoms with Crippen LogP contribution in [0.15, 0.2) is 44.2 Å². The summed E-state index contributed by atoms with van der Waals surface area (Å²) in [5.74, 6) is -0.188. The molecule has 1 unspecified atom stereocenters. The Morgan fingerprint density at radius 2 is 2.00 bits per heavy atom. The number of amidine groups is 1. The predicted molar refractivity (Wildman–Crippen MR) is 76.3 cm³/mol. The van der Waals surface area contributed by atoms with Crippen molar-refractivity contribution < 1.29 is 33.0 Å². The van der Waals surface area contributed by atoms with E-state index in [1.54, 1.807) is 20.4 Å². The molecule has 6 nitrogen and oxygen atoms in total. The van der Waals surface area contributed by atoms with E-state index in [-0.39, 0.29) is 6.04 Å². The Labute approximate surface area is 129 Å². The molecule has 0 bridgehead atoms. The SMILES string of the molecule is O=C(O)c1cc[c]([Hg][S]C2=NC=NC3=NC=NC32)cc1. The van der Waals surface area contributed by atoms with Crippen LogP contribution in [0.4, 0.5) is 0 Å². The molecule has 0 saturated heterocycles. The first-order valence-electron chi connectivity index (χ1n) is 5.88. The third kappa shape index (κ3) is 2.88. The Balaban J connectivity index is 1.66. The zero-order valence-electron chi connectivity index (χ0n) is 10.3. The summed E-state index contributed by atoms with van der Waals surface area (Å²) in [5.41, 5.74) is 0.323. The first-order valence-corrected chi connectivity index (χ1v) is 16.4. The summed E-state index contributed by atoms with van der Waals surface area (Å²) in [6.45, 7) is 0. The number of carbonyl (C=O) groups is 1. The second kappa shape index (κ2) is 5.96. The van der Waals surface area contributed by atoms with Crippen molar-refractivity contribution in [1.29, 1.82) is 0 Å². The second-order valence-corrected chi connectivity index (χ2v) is 15.1. The van der Waals surface area contributed by atoms with Crippen molar-refractivity contribution in [3.05, 3.63) is 29.8 Å². The second-order valence-electron chi connectivity index (χ2n) is 4.16. The fourth-order valence-corrected chi connectivity index (χ4v) is 12.3. The number of aliphatic imine (C=N–C) groups is 4. The van der Waals surface area contributed by atoms with Crippen LogP contribution in [-0.2, 0) is 23.1 Å². The van der Waals surface area contributed by atoms with E-state index in [1.807, 2.05) is 12.1 Å². The molecule has 0 aliphatic carbocycles. The maximum absolute atomic E-state index is 10.8. The quantitative estimate of drug-likeness (QED) is 0.666. The van der Waals surface area contributed by atoms with Crippen molar-refractivity contribution in [3.8, 4) is 0 Å². The Hall–Kier alpha value is -1.34. The Morgan fingerprint density at radius 1 is 1.20 bits per heavy atom. The average Bonchev–Trinajstić information content (AvgIpc) is 2.94. The molecule has 96 valence electrons. The molecule has 20 heavy (non-hydrogen) atoms. The number of benzene rings is 1. The number of rotatable bonds is 3. The number of carboxylic acid groups (broad SMARTS) is 1. The van der Waals surface area contributed by atoms with Gasteiger partial charge in [-0.05, 0) is 0 Å². The third-order valence-electron chi connectivity index (χ3n) is 2.85. The summed E-state index contributed by atoms with van der Waals surface area (Å²) in [6, 6.07) is 7.00. The minimum atomic E-state index is -1.43. The van der Waals surface area contributed by atoms with Gasteiger partial charge in [-0.2, -0.15) is 0 Å². The van der Waals surface area contributed by atoms with Gasteiger partial charge in [0.05, 0.1) is 0 Å². The maximum atomic E-state index is 10.8. The van der Waals surface area contributed by atoms with Crippen LogP contribution >= 0.6 is 8.24 Å². The molecule has 1 aromatic carbocycles. The summed E-state index contributed by atoms with van der Waals surface area (Å²) < 4.78 is 1.26. The van der Waals surface area contributed by atoms with Crippen LogP contribution < -0.4 is 3.07 Å². The van der Waals surface area contributed by atoms with Gasteiger partial charge in [0.25, 0.3) is 0 Å². The first-order chi connectivity index (χ1) is 9.74. The first kappa shape index (κ1) is 13.6. The van der Waals surface area contributed by atoms with E-state index in [0.717, 1.165) is 5.04 Å². The summed E-state index contributed by atoms with van der Waals surface area (Å²) in [6.07, 6.45) is 3.05. The minimum absolute atomic E-state index is 0.122. The zero-order chi connectivity index (χ0) is 13.9. The molecule has 1 aromatic rings. The van der Waals surface area contributed by atoms with Crippen LogP contribution in [0.5, 0.6) is 0 Å². The van der Waals surface area contributed by atoms with Crippen LogP contribution in [0.1, 0.15) is 10.4 Å². The van der Waals surface area contributed by atoms with Gasteiger partial charge in [0.15, 0.2) is 0 Å². The van der Waals surface area contributed by atoms with Crippen LogP contribution in [-0.4, -0.2) is 40.7 Å². The van der Waals surface area contributed by atoms with Crippen molar-refractivity contribution in [3.63, 3.8) is 0 Å². The van der Waals surface area contributed by atoms with E-state index in [0.29, 0.717) is 11.4 Å². The van der Waals surface area contributed by atoms with Crippen molar-refractivity contribution in [2.75, 3.05) is 0 Å². The molecule has 0 fully saturated rings. The molecule has 1 N–H and O–H groups in total. The molecule has 0 saturated carbocycles. The van der Waals surface area contributed by atoms with Gasteiger partial charge in [-0.1, -0.05) is 0 Å². The number of aromatic carboxylic acids is 1. The molecule has 0 radical (unpaired) electrons. The van der Waals surface area contributed by atoms with E-state index in [9.17, 15) is 4.79 Å². The van der Waals surface area contributed by atoms with Gasteiger partial charge >= 0.3 is 130 Å². The molecule has 2 aliphatic rings. The third-order valence-corrected chi connectivity index (χ3v) is 14.8. The van der Waals surface area contributed by atoms with Crippen LogP contribution in [0.25, 0.3) is 0 Å². The van der Waals surface area contributed by atoms with Gasteiger partial charge < -0.3 is 0 Å². The molecule has 2 heterocycles. The molecule has 8 heteroatoms. The van der Waals surface area contributed by atoms with E-state index in [4.69, 9.17) is 5.11 Å². The monoisotopic (exact) mass is 474 g/mol. The van der Waals surface area contributed by atoms with E-state index in [2.05, 4.69) is 20.0 Å². The van der Waals surface area contributed by atoms with Crippen molar-refractivity contribution in [1.82, 2.24) is 0 Å². The molecule has 2 aliphatic heterocycles. The molecular formula is C12H8HgN4O2S.